The number of rotatable bonds is 5. The van der Waals surface area contributed by atoms with Gasteiger partial charge in [0.15, 0.2) is 0 Å². The lowest BCUT2D eigenvalue weighted by Crippen LogP contribution is -2.11. The summed E-state index contributed by atoms with van der Waals surface area (Å²) in [4.78, 5) is 22.4. The second kappa shape index (κ2) is 6.71. The van der Waals surface area contributed by atoms with Crippen LogP contribution in [0.25, 0.3) is 0 Å². The number of esters is 1. The first-order valence-corrected chi connectivity index (χ1v) is 6.51. The Labute approximate surface area is 126 Å². The van der Waals surface area contributed by atoms with Gasteiger partial charge in [0.2, 0.25) is 5.91 Å². The predicted molar refractivity (Wildman–Crippen MR) is 80.0 cm³/mol. The summed E-state index contributed by atoms with van der Waals surface area (Å²) in [5, 5.41) is 3.01. The van der Waals surface area contributed by atoms with E-state index in [4.69, 9.17) is 5.73 Å². The molecule has 0 saturated carbocycles. The monoisotopic (exact) mass is 302 g/mol. The Morgan fingerprint density at radius 2 is 2.00 bits per heavy atom. The molecule has 22 heavy (non-hydrogen) atoms. The summed E-state index contributed by atoms with van der Waals surface area (Å²) in [7, 11) is 1.19. The second-order valence-electron chi connectivity index (χ2n) is 4.60. The Morgan fingerprint density at radius 3 is 2.64 bits per heavy atom. The molecule has 0 bridgehead atoms. The maximum atomic E-state index is 13.8. The number of ether oxygens (including phenoxy) is 1. The van der Waals surface area contributed by atoms with Gasteiger partial charge in [-0.25, -0.2) is 9.18 Å². The molecule has 0 aromatic heterocycles. The Bertz CT molecular complexity index is 716. The topological polar surface area (TPSA) is 81.4 Å². The zero-order chi connectivity index (χ0) is 16.1. The van der Waals surface area contributed by atoms with Gasteiger partial charge in [-0.05, 0) is 35.9 Å². The van der Waals surface area contributed by atoms with Crippen molar-refractivity contribution >= 4 is 17.6 Å². The van der Waals surface area contributed by atoms with E-state index in [9.17, 15) is 14.0 Å². The van der Waals surface area contributed by atoms with E-state index in [0.29, 0.717) is 17.8 Å². The Morgan fingerprint density at radius 1 is 1.23 bits per heavy atom. The molecule has 1 amide bonds. The molecule has 0 aliphatic heterocycles. The molecular weight excluding hydrogens is 287 g/mol. The smallest absolute Gasteiger partial charge is 0.340 e. The van der Waals surface area contributed by atoms with Crippen LogP contribution in [0.1, 0.15) is 26.3 Å². The van der Waals surface area contributed by atoms with Crippen molar-refractivity contribution in [2.75, 3.05) is 12.4 Å². The SMILES string of the molecule is COC(=O)c1ccc(NCc2cccc(C(N)=O)c2)cc1F. The minimum Gasteiger partial charge on any atom is -0.465 e. The summed E-state index contributed by atoms with van der Waals surface area (Å²) in [5.74, 6) is -1.89. The zero-order valence-corrected chi connectivity index (χ0v) is 11.9. The average Bonchev–Trinajstić information content (AvgIpc) is 2.52. The molecule has 0 heterocycles. The second-order valence-corrected chi connectivity index (χ2v) is 4.60. The quantitative estimate of drug-likeness (QED) is 0.831. The number of anilines is 1. The molecule has 0 spiro atoms. The number of nitrogens with two attached hydrogens (primary N) is 1. The molecule has 5 nitrogen and oxygen atoms in total. The largest absolute Gasteiger partial charge is 0.465 e. The van der Waals surface area contributed by atoms with Crippen molar-refractivity contribution in [1.82, 2.24) is 0 Å². The van der Waals surface area contributed by atoms with E-state index in [-0.39, 0.29) is 5.56 Å². The molecule has 0 aliphatic carbocycles. The zero-order valence-electron chi connectivity index (χ0n) is 11.9. The lowest BCUT2D eigenvalue weighted by molar-refractivity contribution is 0.0595. The number of carbonyl (C=O) groups excluding carboxylic acids is 2. The summed E-state index contributed by atoms with van der Waals surface area (Å²) in [6.07, 6.45) is 0. The van der Waals surface area contributed by atoms with Crippen LogP contribution in [-0.4, -0.2) is 19.0 Å². The first-order valence-electron chi connectivity index (χ1n) is 6.51. The van der Waals surface area contributed by atoms with E-state index in [1.807, 2.05) is 6.07 Å². The maximum absolute atomic E-state index is 13.8. The molecule has 114 valence electrons. The standard InChI is InChI=1S/C16H15FN2O3/c1-22-16(21)13-6-5-12(8-14(13)17)19-9-10-3-2-4-11(7-10)15(18)20/h2-8,19H,9H2,1H3,(H2,18,20). The number of hydrogen-bond donors (Lipinski definition) is 2. The van der Waals surface area contributed by atoms with E-state index in [0.717, 1.165) is 5.56 Å². The number of benzene rings is 2. The normalized spacial score (nSPS) is 10.1. The number of hydrogen-bond acceptors (Lipinski definition) is 4. The van der Waals surface area contributed by atoms with Gasteiger partial charge in [0.25, 0.3) is 0 Å². The number of amides is 1. The number of nitrogens with one attached hydrogen (secondary N) is 1. The third-order valence-corrected chi connectivity index (χ3v) is 3.08. The maximum Gasteiger partial charge on any atom is 0.340 e. The van der Waals surface area contributed by atoms with Crippen molar-refractivity contribution in [2.45, 2.75) is 6.54 Å². The lowest BCUT2D eigenvalue weighted by Gasteiger charge is -2.09. The number of carbonyl (C=O) groups is 2. The third kappa shape index (κ3) is 3.60. The fourth-order valence-corrected chi connectivity index (χ4v) is 1.94. The van der Waals surface area contributed by atoms with Crippen LogP contribution in [0, 0.1) is 5.82 Å². The molecule has 0 saturated heterocycles. The van der Waals surface area contributed by atoms with Crippen LogP contribution < -0.4 is 11.1 Å². The highest BCUT2D eigenvalue weighted by molar-refractivity contribution is 5.93. The first-order chi connectivity index (χ1) is 10.5. The van der Waals surface area contributed by atoms with Gasteiger partial charge < -0.3 is 15.8 Å². The van der Waals surface area contributed by atoms with Gasteiger partial charge in [0.1, 0.15) is 5.82 Å². The van der Waals surface area contributed by atoms with Gasteiger partial charge in [0, 0.05) is 17.8 Å². The fraction of sp³-hybridized carbons (Fsp3) is 0.125. The van der Waals surface area contributed by atoms with Gasteiger partial charge in [0.05, 0.1) is 12.7 Å². The van der Waals surface area contributed by atoms with Crippen LogP contribution >= 0.6 is 0 Å². The Balaban J connectivity index is 2.09. The van der Waals surface area contributed by atoms with Crippen LogP contribution in [-0.2, 0) is 11.3 Å². The summed E-state index contributed by atoms with van der Waals surface area (Å²) < 4.78 is 18.3. The Hall–Kier alpha value is -2.89. The molecule has 2 aromatic carbocycles. The number of primary amides is 1. The van der Waals surface area contributed by atoms with Crippen molar-refractivity contribution in [2.24, 2.45) is 5.73 Å². The predicted octanol–water partition coefficient (Wildman–Crippen LogP) is 2.32. The number of methoxy groups -OCH3 is 1. The van der Waals surface area contributed by atoms with Crippen molar-refractivity contribution < 1.29 is 18.7 Å². The van der Waals surface area contributed by atoms with E-state index in [2.05, 4.69) is 10.1 Å². The van der Waals surface area contributed by atoms with Crippen molar-refractivity contribution in [3.05, 3.63) is 65.0 Å². The van der Waals surface area contributed by atoms with Crippen LogP contribution in [0.15, 0.2) is 42.5 Å². The van der Waals surface area contributed by atoms with E-state index < -0.39 is 17.7 Å². The minimum absolute atomic E-state index is 0.122. The van der Waals surface area contributed by atoms with Crippen molar-refractivity contribution in [1.29, 1.82) is 0 Å². The highest BCUT2D eigenvalue weighted by atomic mass is 19.1. The molecule has 2 rings (SSSR count). The summed E-state index contributed by atoms with van der Waals surface area (Å²) >= 11 is 0. The average molecular weight is 302 g/mol. The van der Waals surface area contributed by atoms with Crippen LogP contribution in [0.2, 0.25) is 0 Å². The number of halogens is 1. The van der Waals surface area contributed by atoms with Crippen LogP contribution in [0.3, 0.4) is 0 Å². The molecule has 0 radical (unpaired) electrons. The third-order valence-electron chi connectivity index (χ3n) is 3.08. The van der Waals surface area contributed by atoms with Gasteiger partial charge >= 0.3 is 5.97 Å². The van der Waals surface area contributed by atoms with Gasteiger partial charge in [-0.2, -0.15) is 0 Å². The van der Waals surface area contributed by atoms with E-state index in [1.54, 1.807) is 24.3 Å². The summed E-state index contributed by atoms with van der Waals surface area (Å²) in [6.45, 7) is 0.387. The van der Waals surface area contributed by atoms with Gasteiger partial charge in [-0.1, -0.05) is 12.1 Å². The summed E-state index contributed by atoms with van der Waals surface area (Å²) in [5.41, 5.74) is 6.84. The van der Waals surface area contributed by atoms with Gasteiger partial charge in [-0.15, -0.1) is 0 Å². The molecule has 0 fully saturated rings. The fourth-order valence-electron chi connectivity index (χ4n) is 1.94. The molecule has 2 aromatic rings. The highest BCUT2D eigenvalue weighted by Crippen LogP contribution is 2.16. The minimum atomic E-state index is -0.724. The Kier molecular flexibility index (Phi) is 4.73. The summed E-state index contributed by atoms with van der Waals surface area (Å²) in [6, 6.07) is 11.0. The van der Waals surface area contributed by atoms with Crippen LogP contribution in [0.5, 0.6) is 0 Å². The highest BCUT2D eigenvalue weighted by Gasteiger charge is 2.12. The molecule has 0 aliphatic rings. The van der Waals surface area contributed by atoms with Gasteiger partial charge in [-0.3, -0.25) is 4.79 Å². The molecular formula is C16H15FN2O3. The van der Waals surface area contributed by atoms with Crippen LogP contribution in [0.4, 0.5) is 10.1 Å². The molecule has 0 unspecified atom stereocenters. The first kappa shape index (κ1) is 15.5. The molecule has 0 atom stereocenters. The van der Waals surface area contributed by atoms with Crippen molar-refractivity contribution in [3.63, 3.8) is 0 Å². The van der Waals surface area contributed by atoms with E-state index >= 15 is 0 Å². The van der Waals surface area contributed by atoms with E-state index in [1.165, 1.54) is 19.2 Å². The molecule has 6 heteroatoms. The lowest BCUT2D eigenvalue weighted by atomic mass is 10.1. The molecule has 3 N–H and O–H groups in total. The van der Waals surface area contributed by atoms with Crippen molar-refractivity contribution in [3.8, 4) is 0 Å².